The third-order valence-corrected chi connectivity index (χ3v) is 3.23. The van der Waals surface area contributed by atoms with E-state index in [1.165, 1.54) is 26.1 Å². The zero-order valence-corrected chi connectivity index (χ0v) is 10.4. The van der Waals surface area contributed by atoms with Crippen LogP contribution in [0.4, 0.5) is 5.69 Å². The van der Waals surface area contributed by atoms with Crippen molar-refractivity contribution in [3.63, 3.8) is 0 Å². The van der Waals surface area contributed by atoms with E-state index in [-0.39, 0.29) is 10.7 Å². The molecule has 0 spiro atoms. The number of aliphatic carboxylic acids is 1. The summed E-state index contributed by atoms with van der Waals surface area (Å²) in [5.41, 5.74) is 0.499. The summed E-state index contributed by atoms with van der Waals surface area (Å²) in [5, 5.41) is 19.9. The second-order valence-electron chi connectivity index (χ2n) is 4.01. The maximum atomic E-state index is 11.0. The van der Waals surface area contributed by atoms with Crippen molar-refractivity contribution in [3.8, 4) is 0 Å². The molecule has 1 rings (SSSR count). The first-order valence-electron chi connectivity index (χ1n) is 4.77. The number of carboxylic acids is 1. The number of nitrogens with zero attached hydrogens (tertiary/aromatic N) is 2. The lowest BCUT2D eigenvalue weighted by Crippen LogP contribution is -2.27. The van der Waals surface area contributed by atoms with Gasteiger partial charge in [0.05, 0.1) is 4.92 Å². The number of pyridine rings is 1. The smallest absolute Gasteiger partial charge is 0.319 e. The van der Waals surface area contributed by atoms with Gasteiger partial charge in [-0.05, 0) is 26.3 Å². The van der Waals surface area contributed by atoms with E-state index in [2.05, 4.69) is 4.98 Å². The predicted molar refractivity (Wildman–Crippen MR) is 63.2 cm³/mol. The summed E-state index contributed by atoms with van der Waals surface area (Å²) in [6.45, 7) is 4.65. The molecule has 0 aliphatic carbocycles. The van der Waals surface area contributed by atoms with Crippen LogP contribution >= 0.6 is 11.8 Å². The molecule has 0 atom stereocenters. The minimum absolute atomic E-state index is 0.119. The number of carboxylic acid groups (broad SMARTS) is 1. The normalized spacial score (nSPS) is 11.2. The van der Waals surface area contributed by atoms with Gasteiger partial charge in [0, 0.05) is 12.3 Å². The quantitative estimate of drug-likeness (QED) is 0.504. The fraction of sp³-hybridized carbons (Fsp3) is 0.400. The molecule has 1 aromatic heterocycles. The van der Waals surface area contributed by atoms with Crippen molar-refractivity contribution in [2.75, 3.05) is 0 Å². The van der Waals surface area contributed by atoms with Crippen molar-refractivity contribution < 1.29 is 14.8 Å². The Bertz CT molecular complexity index is 473. The van der Waals surface area contributed by atoms with Crippen molar-refractivity contribution in [2.24, 2.45) is 0 Å². The van der Waals surface area contributed by atoms with Crippen LogP contribution in [0, 0.1) is 17.0 Å². The van der Waals surface area contributed by atoms with Crippen LogP contribution in [0.1, 0.15) is 19.4 Å². The zero-order chi connectivity index (χ0) is 13.2. The van der Waals surface area contributed by atoms with Crippen molar-refractivity contribution in [1.82, 2.24) is 4.98 Å². The molecule has 7 heteroatoms. The highest BCUT2D eigenvalue weighted by Gasteiger charge is 2.32. The number of aryl methyl sites for hydroxylation is 1. The second-order valence-corrected chi connectivity index (χ2v) is 5.62. The topological polar surface area (TPSA) is 93.3 Å². The molecule has 0 bridgehead atoms. The van der Waals surface area contributed by atoms with Crippen LogP contribution in [0.15, 0.2) is 17.3 Å². The highest BCUT2D eigenvalue weighted by Crippen LogP contribution is 2.36. The molecule has 0 saturated heterocycles. The van der Waals surface area contributed by atoms with E-state index in [1.807, 2.05) is 0 Å². The van der Waals surface area contributed by atoms with Crippen LogP contribution in [0.25, 0.3) is 0 Å². The van der Waals surface area contributed by atoms with Crippen molar-refractivity contribution >= 4 is 23.4 Å². The molecule has 0 aromatic carbocycles. The van der Waals surface area contributed by atoms with E-state index in [4.69, 9.17) is 5.11 Å². The monoisotopic (exact) mass is 256 g/mol. The van der Waals surface area contributed by atoms with E-state index < -0.39 is 15.6 Å². The molecule has 0 aliphatic rings. The maximum Gasteiger partial charge on any atom is 0.319 e. The number of aromatic nitrogens is 1. The minimum Gasteiger partial charge on any atom is -0.480 e. The van der Waals surface area contributed by atoms with Crippen LogP contribution < -0.4 is 0 Å². The van der Waals surface area contributed by atoms with Gasteiger partial charge in [0.15, 0.2) is 5.03 Å². The van der Waals surface area contributed by atoms with Gasteiger partial charge in [-0.2, -0.15) is 0 Å². The molecule has 17 heavy (non-hydrogen) atoms. The summed E-state index contributed by atoms with van der Waals surface area (Å²) >= 11 is 0.865. The van der Waals surface area contributed by atoms with Gasteiger partial charge in [-0.1, -0.05) is 11.8 Å². The summed E-state index contributed by atoms with van der Waals surface area (Å²) < 4.78 is -1.16. The van der Waals surface area contributed by atoms with E-state index in [1.54, 1.807) is 6.92 Å². The highest BCUT2D eigenvalue weighted by atomic mass is 32.2. The number of hydrogen-bond acceptors (Lipinski definition) is 5. The lowest BCUT2D eigenvalue weighted by atomic mass is 10.2. The van der Waals surface area contributed by atoms with Gasteiger partial charge < -0.3 is 5.11 Å². The standard InChI is InChI=1S/C10H12N2O4S/c1-6-4-7(12(15)16)8(11-5-6)17-10(2,3)9(13)14/h4-5H,1-3H3,(H,13,14). The lowest BCUT2D eigenvalue weighted by Gasteiger charge is -2.17. The Balaban J connectivity index is 3.15. The number of rotatable bonds is 4. The zero-order valence-electron chi connectivity index (χ0n) is 9.63. The number of thioether (sulfide) groups is 1. The van der Waals surface area contributed by atoms with Gasteiger partial charge in [-0.15, -0.1) is 0 Å². The van der Waals surface area contributed by atoms with Gasteiger partial charge in [0.1, 0.15) is 4.75 Å². The first-order chi connectivity index (χ1) is 7.74. The van der Waals surface area contributed by atoms with Crippen LogP contribution in [0.2, 0.25) is 0 Å². The molecule has 1 N–H and O–H groups in total. The summed E-state index contributed by atoms with van der Waals surface area (Å²) in [7, 11) is 0. The minimum atomic E-state index is -1.16. The summed E-state index contributed by atoms with van der Waals surface area (Å²) in [5.74, 6) is -1.04. The van der Waals surface area contributed by atoms with E-state index in [0.29, 0.717) is 5.56 Å². The first-order valence-corrected chi connectivity index (χ1v) is 5.59. The second kappa shape index (κ2) is 4.70. The molecule has 0 aliphatic heterocycles. The number of nitro groups is 1. The average Bonchev–Trinajstić information content (AvgIpc) is 2.19. The molecular weight excluding hydrogens is 244 g/mol. The number of carbonyl (C=O) groups is 1. The third-order valence-electron chi connectivity index (χ3n) is 2.03. The van der Waals surface area contributed by atoms with Gasteiger partial charge in [-0.3, -0.25) is 14.9 Å². The largest absolute Gasteiger partial charge is 0.480 e. The van der Waals surface area contributed by atoms with Crippen LogP contribution in [0.5, 0.6) is 0 Å². The summed E-state index contributed by atoms with van der Waals surface area (Å²) in [4.78, 5) is 25.2. The van der Waals surface area contributed by atoms with Gasteiger partial charge >= 0.3 is 11.7 Å². The summed E-state index contributed by atoms with van der Waals surface area (Å²) in [6, 6.07) is 1.38. The van der Waals surface area contributed by atoms with Crippen LogP contribution in [-0.4, -0.2) is 25.7 Å². The number of hydrogen-bond donors (Lipinski definition) is 1. The first kappa shape index (κ1) is 13.4. The Morgan fingerprint density at radius 1 is 1.59 bits per heavy atom. The Labute approximate surface area is 102 Å². The van der Waals surface area contributed by atoms with E-state index in [9.17, 15) is 14.9 Å². The van der Waals surface area contributed by atoms with E-state index in [0.717, 1.165) is 11.8 Å². The van der Waals surface area contributed by atoms with Crippen molar-refractivity contribution in [3.05, 3.63) is 27.9 Å². The fourth-order valence-corrected chi connectivity index (χ4v) is 1.95. The van der Waals surface area contributed by atoms with Crippen molar-refractivity contribution in [2.45, 2.75) is 30.5 Å². The van der Waals surface area contributed by atoms with Crippen LogP contribution in [0.3, 0.4) is 0 Å². The van der Waals surface area contributed by atoms with Gasteiger partial charge in [-0.25, -0.2) is 4.98 Å². The third kappa shape index (κ3) is 3.16. The highest BCUT2D eigenvalue weighted by molar-refractivity contribution is 8.01. The fourth-order valence-electron chi connectivity index (χ4n) is 1.04. The Morgan fingerprint density at radius 3 is 2.65 bits per heavy atom. The molecule has 0 radical (unpaired) electrons. The summed E-state index contributed by atoms with van der Waals surface area (Å²) in [6.07, 6.45) is 1.48. The van der Waals surface area contributed by atoms with Gasteiger partial charge in [0.2, 0.25) is 0 Å². The molecule has 0 unspecified atom stereocenters. The Kier molecular flexibility index (Phi) is 3.72. The lowest BCUT2D eigenvalue weighted by molar-refractivity contribution is -0.388. The molecule has 0 saturated carbocycles. The molecule has 6 nitrogen and oxygen atoms in total. The van der Waals surface area contributed by atoms with E-state index >= 15 is 0 Å². The maximum absolute atomic E-state index is 11.0. The molecule has 1 heterocycles. The van der Waals surface area contributed by atoms with Gasteiger partial charge in [0.25, 0.3) is 0 Å². The average molecular weight is 256 g/mol. The molecular formula is C10H12N2O4S. The molecule has 0 fully saturated rings. The van der Waals surface area contributed by atoms with Crippen LogP contribution in [-0.2, 0) is 4.79 Å². The molecule has 1 aromatic rings. The molecule has 92 valence electrons. The Hall–Kier alpha value is -1.63. The molecule has 0 amide bonds. The predicted octanol–water partition coefficient (Wildman–Crippen LogP) is 2.25. The SMILES string of the molecule is Cc1cnc(SC(C)(C)C(=O)O)c([N+](=O)[O-])c1. The Morgan fingerprint density at radius 2 is 2.18 bits per heavy atom. The van der Waals surface area contributed by atoms with Crippen molar-refractivity contribution in [1.29, 1.82) is 0 Å².